The van der Waals surface area contributed by atoms with Crippen molar-refractivity contribution >= 4 is 11.6 Å². The van der Waals surface area contributed by atoms with Crippen molar-refractivity contribution < 1.29 is 0 Å². The van der Waals surface area contributed by atoms with Gasteiger partial charge in [-0.05, 0) is 31.0 Å². The maximum Gasteiger partial charge on any atom is 0.149 e. The molecule has 1 unspecified atom stereocenters. The third kappa shape index (κ3) is 2.65. The molecule has 0 spiro atoms. The number of fused-ring (bicyclic) bond motifs is 1. The Labute approximate surface area is 117 Å². The molecule has 1 aliphatic rings. The highest BCUT2D eigenvalue weighted by Crippen LogP contribution is 2.19. The van der Waals surface area contributed by atoms with E-state index in [1.165, 1.54) is 12.0 Å². The lowest BCUT2D eigenvalue weighted by molar-refractivity contribution is 0.516. The smallest absolute Gasteiger partial charge is 0.149 e. The summed E-state index contributed by atoms with van der Waals surface area (Å²) < 4.78 is 2.23. The molecule has 1 atom stereocenters. The van der Waals surface area contributed by atoms with Crippen LogP contribution in [0.25, 0.3) is 0 Å². The maximum absolute atomic E-state index is 5.98. The molecule has 2 aromatic rings. The van der Waals surface area contributed by atoms with Crippen LogP contribution in [0.5, 0.6) is 0 Å². The van der Waals surface area contributed by atoms with Gasteiger partial charge in [-0.15, -0.1) is 10.2 Å². The molecular weight excluding hydrogens is 260 g/mol. The first-order chi connectivity index (χ1) is 9.24. The first kappa shape index (κ1) is 12.6. The molecule has 1 aromatic carbocycles. The average Bonchev–Trinajstić information content (AvgIpc) is 2.98. The van der Waals surface area contributed by atoms with Crippen LogP contribution >= 0.6 is 11.6 Å². The molecule has 0 fully saturated rings. The van der Waals surface area contributed by atoms with E-state index in [1.54, 1.807) is 0 Å². The van der Waals surface area contributed by atoms with Crippen LogP contribution in [0.3, 0.4) is 0 Å². The highest BCUT2D eigenvalue weighted by Gasteiger charge is 2.20. The molecule has 100 valence electrons. The van der Waals surface area contributed by atoms with Gasteiger partial charge in [0.15, 0.2) is 0 Å². The summed E-state index contributed by atoms with van der Waals surface area (Å²) in [6.07, 6.45) is 2.23. The van der Waals surface area contributed by atoms with Gasteiger partial charge in [0.2, 0.25) is 0 Å². The van der Waals surface area contributed by atoms with Gasteiger partial charge in [-0.2, -0.15) is 0 Å². The van der Waals surface area contributed by atoms with Crippen LogP contribution in [-0.2, 0) is 19.5 Å². The molecule has 0 bridgehead atoms. The van der Waals surface area contributed by atoms with Crippen molar-refractivity contribution in [1.82, 2.24) is 20.1 Å². The standard InChI is InChI=1S/C14H17ClN4/c1-10(14-18-17-13-6-3-7-19(13)14)16-9-11-4-2-5-12(15)8-11/h2,4-5,8,10,16H,3,6-7,9H2,1H3. The van der Waals surface area contributed by atoms with Crippen molar-refractivity contribution in [2.75, 3.05) is 0 Å². The Balaban J connectivity index is 1.66. The van der Waals surface area contributed by atoms with Gasteiger partial charge in [-0.25, -0.2) is 0 Å². The van der Waals surface area contributed by atoms with Gasteiger partial charge in [0.05, 0.1) is 6.04 Å². The topological polar surface area (TPSA) is 42.7 Å². The third-order valence-electron chi connectivity index (χ3n) is 3.53. The molecule has 1 aliphatic heterocycles. The summed E-state index contributed by atoms with van der Waals surface area (Å²) in [4.78, 5) is 0. The molecule has 4 nitrogen and oxygen atoms in total. The van der Waals surface area contributed by atoms with Crippen LogP contribution in [0.2, 0.25) is 5.02 Å². The minimum absolute atomic E-state index is 0.193. The van der Waals surface area contributed by atoms with Crippen molar-refractivity contribution in [1.29, 1.82) is 0 Å². The Bertz CT molecular complexity index is 579. The van der Waals surface area contributed by atoms with E-state index in [4.69, 9.17) is 11.6 Å². The first-order valence-corrected chi connectivity index (χ1v) is 7.01. The van der Waals surface area contributed by atoms with Crippen LogP contribution < -0.4 is 5.32 Å². The van der Waals surface area contributed by atoms with Gasteiger partial charge in [0.1, 0.15) is 11.6 Å². The summed E-state index contributed by atoms with van der Waals surface area (Å²) in [5.74, 6) is 2.15. The third-order valence-corrected chi connectivity index (χ3v) is 3.76. The number of halogens is 1. The van der Waals surface area contributed by atoms with Gasteiger partial charge in [-0.3, -0.25) is 0 Å². The molecule has 0 radical (unpaired) electrons. The summed E-state index contributed by atoms with van der Waals surface area (Å²) in [5, 5.41) is 12.8. The quantitative estimate of drug-likeness (QED) is 0.934. The lowest BCUT2D eigenvalue weighted by Gasteiger charge is -2.14. The molecule has 5 heteroatoms. The SMILES string of the molecule is CC(NCc1cccc(Cl)c1)c1nnc2n1CCC2. The molecule has 0 aliphatic carbocycles. The fraction of sp³-hybridized carbons (Fsp3) is 0.429. The lowest BCUT2D eigenvalue weighted by Crippen LogP contribution is -2.21. The molecule has 0 saturated heterocycles. The van der Waals surface area contributed by atoms with Gasteiger partial charge in [0, 0.05) is 24.5 Å². The predicted molar refractivity (Wildman–Crippen MR) is 75.0 cm³/mol. The number of benzene rings is 1. The molecule has 1 N–H and O–H groups in total. The van der Waals surface area contributed by atoms with E-state index in [0.29, 0.717) is 0 Å². The van der Waals surface area contributed by atoms with Crippen LogP contribution in [0.4, 0.5) is 0 Å². The van der Waals surface area contributed by atoms with E-state index in [9.17, 15) is 0 Å². The van der Waals surface area contributed by atoms with Gasteiger partial charge >= 0.3 is 0 Å². The van der Waals surface area contributed by atoms with Crippen molar-refractivity contribution in [2.45, 2.75) is 38.9 Å². The van der Waals surface area contributed by atoms with E-state index in [0.717, 1.165) is 36.2 Å². The zero-order valence-corrected chi connectivity index (χ0v) is 11.7. The highest BCUT2D eigenvalue weighted by atomic mass is 35.5. The number of rotatable bonds is 4. The second kappa shape index (κ2) is 5.31. The van der Waals surface area contributed by atoms with E-state index in [2.05, 4.69) is 33.1 Å². The van der Waals surface area contributed by atoms with Gasteiger partial charge in [-0.1, -0.05) is 23.7 Å². The van der Waals surface area contributed by atoms with Gasteiger partial charge in [0.25, 0.3) is 0 Å². The normalized spacial score (nSPS) is 15.5. The molecular formula is C14H17ClN4. The monoisotopic (exact) mass is 276 g/mol. The molecule has 19 heavy (non-hydrogen) atoms. The summed E-state index contributed by atoms with van der Waals surface area (Å²) in [6.45, 7) is 3.95. The van der Waals surface area contributed by atoms with Crippen molar-refractivity contribution in [3.05, 3.63) is 46.5 Å². The largest absolute Gasteiger partial charge is 0.314 e. The zero-order chi connectivity index (χ0) is 13.2. The second-order valence-electron chi connectivity index (χ2n) is 4.96. The van der Waals surface area contributed by atoms with Crippen LogP contribution in [0, 0.1) is 0 Å². The summed E-state index contributed by atoms with van der Waals surface area (Å²) >= 11 is 5.98. The lowest BCUT2D eigenvalue weighted by atomic mass is 10.2. The summed E-state index contributed by atoms with van der Waals surface area (Å²) in [6, 6.07) is 8.10. The Morgan fingerprint density at radius 1 is 1.42 bits per heavy atom. The average molecular weight is 277 g/mol. The number of aromatic nitrogens is 3. The number of nitrogens with one attached hydrogen (secondary N) is 1. The molecule has 1 aromatic heterocycles. The first-order valence-electron chi connectivity index (χ1n) is 6.64. The van der Waals surface area contributed by atoms with E-state index < -0.39 is 0 Å². The van der Waals surface area contributed by atoms with E-state index in [1.807, 2.05) is 18.2 Å². The predicted octanol–water partition coefficient (Wildman–Crippen LogP) is 2.73. The molecule has 3 rings (SSSR count). The van der Waals surface area contributed by atoms with E-state index in [-0.39, 0.29) is 6.04 Å². The van der Waals surface area contributed by atoms with Crippen LogP contribution in [-0.4, -0.2) is 14.8 Å². The fourth-order valence-electron chi connectivity index (χ4n) is 2.50. The van der Waals surface area contributed by atoms with E-state index >= 15 is 0 Å². The minimum atomic E-state index is 0.193. The van der Waals surface area contributed by atoms with Gasteiger partial charge < -0.3 is 9.88 Å². The van der Waals surface area contributed by atoms with Crippen molar-refractivity contribution in [3.63, 3.8) is 0 Å². The molecule has 2 heterocycles. The van der Waals surface area contributed by atoms with Crippen molar-refractivity contribution in [2.24, 2.45) is 0 Å². The number of hydrogen-bond acceptors (Lipinski definition) is 3. The molecule has 0 amide bonds. The van der Waals surface area contributed by atoms with Crippen LogP contribution in [0.15, 0.2) is 24.3 Å². The summed E-state index contributed by atoms with van der Waals surface area (Å²) in [5.41, 5.74) is 1.18. The molecule has 0 saturated carbocycles. The number of hydrogen-bond donors (Lipinski definition) is 1. The van der Waals surface area contributed by atoms with Crippen molar-refractivity contribution in [3.8, 4) is 0 Å². The second-order valence-corrected chi connectivity index (χ2v) is 5.40. The highest BCUT2D eigenvalue weighted by molar-refractivity contribution is 6.30. The Kier molecular flexibility index (Phi) is 3.53. The fourth-order valence-corrected chi connectivity index (χ4v) is 2.72. The number of nitrogens with zero attached hydrogens (tertiary/aromatic N) is 3. The Morgan fingerprint density at radius 3 is 3.16 bits per heavy atom. The Morgan fingerprint density at radius 2 is 2.32 bits per heavy atom. The minimum Gasteiger partial charge on any atom is -0.314 e. The zero-order valence-electron chi connectivity index (χ0n) is 10.9. The maximum atomic E-state index is 5.98. The van der Waals surface area contributed by atoms with Crippen LogP contribution in [0.1, 0.15) is 36.6 Å². The number of aryl methyl sites for hydroxylation is 1. The Hall–Kier alpha value is -1.39. The summed E-state index contributed by atoms with van der Waals surface area (Å²) in [7, 11) is 0.